The van der Waals surface area contributed by atoms with E-state index in [4.69, 9.17) is 0 Å². The fourth-order valence-corrected chi connectivity index (χ4v) is 3.11. The van der Waals surface area contributed by atoms with Crippen LogP contribution in [0.1, 0.15) is 41.0 Å². The van der Waals surface area contributed by atoms with Gasteiger partial charge >= 0.3 is 0 Å². The normalized spacial score (nSPS) is 12.9. The van der Waals surface area contributed by atoms with E-state index in [-0.39, 0.29) is 6.04 Å². The van der Waals surface area contributed by atoms with Crippen LogP contribution in [0, 0.1) is 13.8 Å². The molecular weight excluding hydrogens is 244 g/mol. The topological polar surface area (TPSA) is 42.7 Å². The lowest BCUT2D eigenvalue weighted by atomic mass is 10.1. The van der Waals surface area contributed by atoms with Crippen LogP contribution >= 0.6 is 11.3 Å². The predicted molar refractivity (Wildman–Crippen MR) is 75.0 cm³/mol. The molecule has 0 saturated carbocycles. The molecule has 0 aliphatic rings. The highest BCUT2D eigenvalue weighted by Gasteiger charge is 2.19. The zero-order chi connectivity index (χ0) is 13.1. The Morgan fingerprint density at radius 2 is 2.17 bits per heavy atom. The first kappa shape index (κ1) is 13.2. The van der Waals surface area contributed by atoms with Crippen molar-refractivity contribution >= 4 is 11.3 Å². The molecule has 0 radical (unpaired) electrons. The minimum absolute atomic E-state index is 0.210. The number of aryl methyl sites for hydroxylation is 3. The summed E-state index contributed by atoms with van der Waals surface area (Å²) in [4.78, 5) is 5.81. The van der Waals surface area contributed by atoms with Gasteiger partial charge in [-0.15, -0.1) is 11.3 Å². The summed E-state index contributed by atoms with van der Waals surface area (Å²) in [6, 6.07) is 0.210. The van der Waals surface area contributed by atoms with Crippen LogP contribution in [0.2, 0.25) is 0 Å². The molecule has 2 rings (SSSR count). The standard InChI is InChI=1S/C13H20N4S/c1-5-14-12(11-7-15-17(6-2)8-11)13-9(3)16-10(4)18-13/h7-8,12,14H,5-6H2,1-4H3. The van der Waals surface area contributed by atoms with E-state index in [1.54, 1.807) is 11.3 Å². The van der Waals surface area contributed by atoms with Crippen molar-refractivity contribution in [3.63, 3.8) is 0 Å². The monoisotopic (exact) mass is 264 g/mol. The number of nitrogens with zero attached hydrogens (tertiary/aromatic N) is 3. The highest BCUT2D eigenvalue weighted by atomic mass is 32.1. The molecule has 18 heavy (non-hydrogen) atoms. The van der Waals surface area contributed by atoms with Gasteiger partial charge in [0.1, 0.15) is 0 Å². The van der Waals surface area contributed by atoms with Crippen LogP contribution in [-0.2, 0) is 6.54 Å². The van der Waals surface area contributed by atoms with Gasteiger partial charge in [-0.2, -0.15) is 5.10 Å². The average Bonchev–Trinajstić information content (AvgIpc) is 2.93. The first-order valence-electron chi connectivity index (χ1n) is 6.35. The molecule has 2 aromatic heterocycles. The summed E-state index contributed by atoms with van der Waals surface area (Å²) >= 11 is 1.76. The molecule has 0 saturated heterocycles. The average molecular weight is 264 g/mol. The third kappa shape index (κ3) is 2.62. The van der Waals surface area contributed by atoms with E-state index < -0.39 is 0 Å². The van der Waals surface area contributed by atoms with Crippen molar-refractivity contribution in [2.24, 2.45) is 0 Å². The smallest absolute Gasteiger partial charge is 0.0900 e. The minimum Gasteiger partial charge on any atom is -0.306 e. The number of rotatable bonds is 5. The first-order chi connectivity index (χ1) is 8.65. The van der Waals surface area contributed by atoms with Gasteiger partial charge in [0.2, 0.25) is 0 Å². The number of hydrogen-bond donors (Lipinski definition) is 1. The Bertz CT molecular complexity index is 515. The molecule has 2 aromatic rings. The fraction of sp³-hybridized carbons (Fsp3) is 0.538. The quantitative estimate of drug-likeness (QED) is 0.903. The summed E-state index contributed by atoms with van der Waals surface area (Å²) in [5, 5.41) is 9.00. The van der Waals surface area contributed by atoms with Gasteiger partial charge < -0.3 is 5.32 Å². The van der Waals surface area contributed by atoms with Gasteiger partial charge in [0.15, 0.2) is 0 Å². The van der Waals surface area contributed by atoms with Crippen LogP contribution in [0.25, 0.3) is 0 Å². The van der Waals surface area contributed by atoms with Crippen LogP contribution in [-0.4, -0.2) is 21.3 Å². The van der Waals surface area contributed by atoms with E-state index in [9.17, 15) is 0 Å². The predicted octanol–water partition coefficient (Wildman–Crippen LogP) is 2.68. The lowest BCUT2D eigenvalue weighted by Gasteiger charge is -2.15. The number of hydrogen-bond acceptors (Lipinski definition) is 4. The Balaban J connectivity index is 2.36. The molecule has 2 heterocycles. The van der Waals surface area contributed by atoms with Gasteiger partial charge in [0, 0.05) is 23.2 Å². The molecule has 0 aliphatic heterocycles. The Morgan fingerprint density at radius 1 is 1.39 bits per heavy atom. The maximum Gasteiger partial charge on any atom is 0.0900 e. The van der Waals surface area contributed by atoms with Gasteiger partial charge in [-0.05, 0) is 27.3 Å². The van der Waals surface area contributed by atoms with E-state index in [1.807, 2.05) is 10.9 Å². The molecule has 0 fully saturated rings. The maximum absolute atomic E-state index is 4.52. The summed E-state index contributed by atoms with van der Waals surface area (Å²) in [6.45, 7) is 10.2. The zero-order valence-corrected chi connectivity index (χ0v) is 12.2. The van der Waals surface area contributed by atoms with E-state index in [1.165, 1.54) is 10.4 Å². The molecule has 1 unspecified atom stereocenters. The largest absolute Gasteiger partial charge is 0.306 e. The summed E-state index contributed by atoms with van der Waals surface area (Å²) < 4.78 is 1.96. The van der Waals surface area contributed by atoms with E-state index >= 15 is 0 Å². The highest BCUT2D eigenvalue weighted by molar-refractivity contribution is 7.11. The first-order valence-corrected chi connectivity index (χ1v) is 7.17. The lowest BCUT2D eigenvalue weighted by molar-refractivity contribution is 0.629. The molecule has 5 heteroatoms. The third-order valence-corrected chi connectivity index (χ3v) is 4.06. The summed E-state index contributed by atoms with van der Waals surface area (Å²) in [5.74, 6) is 0. The molecule has 0 aromatic carbocycles. The van der Waals surface area contributed by atoms with Crippen molar-refractivity contribution in [2.45, 2.75) is 40.3 Å². The van der Waals surface area contributed by atoms with Crippen LogP contribution in [0.4, 0.5) is 0 Å². The molecule has 98 valence electrons. The number of nitrogens with one attached hydrogen (secondary N) is 1. The fourth-order valence-electron chi connectivity index (χ4n) is 2.08. The van der Waals surface area contributed by atoms with Crippen molar-refractivity contribution in [3.05, 3.63) is 33.5 Å². The minimum atomic E-state index is 0.210. The van der Waals surface area contributed by atoms with Crippen LogP contribution in [0.5, 0.6) is 0 Å². The second-order valence-electron chi connectivity index (χ2n) is 4.30. The molecule has 0 spiro atoms. The van der Waals surface area contributed by atoms with Crippen molar-refractivity contribution in [3.8, 4) is 0 Å². The Hall–Kier alpha value is -1.20. The molecule has 0 bridgehead atoms. The highest BCUT2D eigenvalue weighted by Crippen LogP contribution is 2.29. The van der Waals surface area contributed by atoms with Crippen molar-refractivity contribution < 1.29 is 0 Å². The van der Waals surface area contributed by atoms with Crippen LogP contribution < -0.4 is 5.32 Å². The lowest BCUT2D eigenvalue weighted by Crippen LogP contribution is -2.21. The van der Waals surface area contributed by atoms with Crippen LogP contribution in [0.3, 0.4) is 0 Å². The van der Waals surface area contributed by atoms with E-state index in [0.29, 0.717) is 0 Å². The summed E-state index contributed by atoms with van der Waals surface area (Å²) in [5.41, 5.74) is 2.33. The SMILES string of the molecule is CCNC(c1cnn(CC)c1)c1sc(C)nc1C. The maximum atomic E-state index is 4.52. The van der Waals surface area contributed by atoms with Crippen molar-refractivity contribution in [1.29, 1.82) is 0 Å². The van der Waals surface area contributed by atoms with Crippen molar-refractivity contribution in [1.82, 2.24) is 20.1 Å². The van der Waals surface area contributed by atoms with Crippen LogP contribution in [0.15, 0.2) is 12.4 Å². The second-order valence-corrected chi connectivity index (χ2v) is 5.54. The molecular formula is C13H20N4S. The Morgan fingerprint density at radius 3 is 2.67 bits per heavy atom. The zero-order valence-electron chi connectivity index (χ0n) is 11.4. The molecule has 1 N–H and O–H groups in total. The van der Waals surface area contributed by atoms with Gasteiger partial charge in [0.25, 0.3) is 0 Å². The van der Waals surface area contributed by atoms with Crippen molar-refractivity contribution in [2.75, 3.05) is 6.54 Å². The summed E-state index contributed by atoms with van der Waals surface area (Å²) in [6.07, 6.45) is 4.06. The number of thiazole rings is 1. The van der Waals surface area contributed by atoms with Gasteiger partial charge in [-0.1, -0.05) is 6.92 Å². The Kier molecular flexibility index (Phi) is 4.14. The molecule has 4 nitrogen and oxygen atoms in total. The summed E-state index contributed by atoms with van der Waals surface area (Å²) in [7, 11) is 0. The second kappa shape index (κ2) is 5.63. The van der Waals surface area contributed by atoms with Gasteiger partial charge in [-0.25, -0.2) is 4.98 Å². The van der Waals surface area contributed by atoms with Gasteiger partial charge in [0.05, 0.1) is 22.9 Å². The Labute approximate surface area is 112 Å². The molecule has 0 aliphatic carbocycles. The third-order valence-electron chi connectivity index (χ3n) is 2.92. The van der Waals surface area contributed by atoms with E-state index in [2.05, 4.69) is 49.3 Å². The molecule has 1 atom stereocenters. The molecule has 0 amide bonds. The van der Waals surface area contributed by atoms with Gasteiger partial charge in [-0.3, -0.25) is 4.68 Å². The number of aromatic nitrogens is 3. The van der Waals surface area contributed by atoms with E-state index in [0.717, 1.165) is 23.8 Å².